The van der Waals surface area contributed by atoms with Gasteiger partial charge in [0.2, 0.25) is 0 Å². The number of fused-ring (bicyclic) bond motifs is 1. The third-order valence-electron chi connectivity index (χ3n) is 5.46. The van der Waals surface area contributed by atoms with E-state index in [2.05, 4.69) is 5.43 Å². The van der Waals surface area contributed by atoms with E-state index in [4.69, 9.17) is 5.84 Å². The van der Waals surface area contributed by atoms with Crippen molar-refractivity contribution in [3.05, 3.63) is 0 Å². The minimum absolute atomic E-state index is 0.635. The molecule has 2 heteroatoms. The monoisotopic (exact) mass is 222 g/mol. The van der Waals surface area contributed by atoms with E-state index in [1.807, 2.05) is 0 Å². The molecule has 0 heterocycles. The molecule has 3 N–H and O–H groups in total. The summed E-state index contributed by atoms with van der Waals surface area (Å²) >= 11 is 0. The number of nitrogens with one attached hydrogen (secondary N) is 1. The fraction of sp³-hybridized carbons (Fsp3) is 1.00. The average Bonchev–Trinajstić information content (AvgIpc) is 2.81. The predicted octanol–water partition coefficient (Wildman–Crippen LogP) is 2.83. The summed E-state index contributed by atoms with van der Waals surface area (Å²) in [5.41, 5.74) is 3.15. The molecule has 0 aromatic heterocycles. The van der Waals surface area contributed by atoms with Crippen molar-refractivity contribution in [3.8, 4) is 0 Å². The summed E-state index contributed by atoms with van der Waals surface area (Å²) in [6, 6.07) is 0.635. The standard InChI is InChI=1S/C14H26N2/c15-16-13(9-10-5-1-2-6-10)14-11-7-3-4-8-12(11)14/h10-14,16H,1-9,15H2. The molecule has 0 radical (unpaired) electrons. The van der Waals surface area contributed by atoms with E-state index in [1.54, 1.807) is 0 Å². The van der Waals surface area contributed by atoms with Gasteiger partial charge in [-0.2, -0.15) is 0 Å². The lowest BCUT2D eigenvalue weighted by Crippen LogP contribution is -2.39. The zero-order valence-electron chi connectivity index (χ0n) is 10.3. The van der Waals surface area contributed by atoms with Crippen molar-refractivity contribution in [1.29, 1.82) is 0 Å². The van der Waals surface area contributed by atoms with Gasteiger partial charge in [0.25, 0.3) is 0 Å². The Hall–Kier alpha value is -0.0800. The third-order valence-corrected chi connectivity index (χ3v) is 5.46. The maximum absolute atomic E-state index is 5.80. The van der Waals surface area contributed by atoms with E-state index in [1.165, 1.54) is 57.8 Å². The van der Waals surface area contributed by atoms with Crippen LogP contribution in [0.1, 0.15) is 57.8 Å². The molecule has 0 aromatic carbocycles. The van der Waals surface area contributed by atoms with Gasteiger partial charge in [0.1, 0.15) is 0 Å². The zero-order chi connectivity index (χ0) is 11.0. The van der Waals surface area contributed by atoms with Crippen LogP contribution in [0, 0.1) is 23.7 Å². The topological polar surface area (TPSA) is 38.0 Å². The molecular formula is C14H26N2. The van der Waals surface area contributed by atoms with Crippen molar-refractivity contribution in [2.75, 3.05) is 0 Å². The molecule has 0 bridgehead atoms. The highest BCUT2D eigenvalue weighted by atomic mass is 15.2. The molecule has 0 amide bonds. The summed E-state index contributed by atoms with van der Waals surface area (Å²) in [5.74, 6) is 9.79. The van der Waals surface area contributed by atoms with E-state index in [0.29, 0.717) is 6.04 Å². The highest BCUT2D eigenvalue weighted by Gasteiger charge is 2.53. The van der Waals surface area contributed by atoms with Crippen LogP contribution in [0.5, 0.6) is 0 Å². The molecular weight excluding hydrogens is 196 g/mol. The molecule has 3 atom stereocenters. The first-order valence-electron chi connectivity index (χ1n) is 7.36. The van der Waals surface area contributed by atoms with Crippen LogP contribution in [0.15, 0.2) is 0 Å². The van der Waals surface area contributed by atoms with Gasteiger partial charge >= 0.3 is 0 Å². The molecule has 16 heavy (non-hydrogen) atoms. The Kier molecular flexibility index (Phi) is 3.21. The molecule has 3 fully saturated rings. The Bertz CT molecular complexity index is 223. The second-order valence-corrected chi connectivity index (χ2v) is 6.35. The predicted molar refractivity (Wildman–Crippen MR) is 66.6 cm³/mol. The highest BCUT2D eigenvalue weighted by molar-refractivity contribution is 5.04. The van der Waals surface area contributed by atoms with Crippen LogP contribution in [0.3, 0.4) is 0 Å². The van der Waals surface area contributed by atoms with Crippen molar-refractivity contribution in [1.82, 2.24) is 5.43 Å². The molecule has 3 saturated carbocycles. The van der Waals surface area contributed by atoms with Gasteiger partial charge in [-0.05, 0) is 42.9 Å². The second-order valence-electron chi connectivity index (χ2n) is 6.35. The van der Waals surface area contributed by atoms with Gasteiger partial charge < -0.3 is 0 Å². The lowest BCUT2D eigenvalue weighted by atomic mass is 9.94. The Morgan fingerprint density at radius 2 is 1.50 bits per heavy atom. The van der Waals surface area contributed by atoms with E-state index in [0.717, 1.165) is 23.7 Å². The summed E-state index contributed by atoms with van der Waals surface area (Å²) < 4.78 is 0. The Morgan fingerprint density at radius 1 is 0.938 bits per heavy atom. The Labute approximate surface area is 99.3 Å². The lowest BCUT2D eigenvalue weighted by molar-refractivity contribution is 0.344. The maximum atomic E-state index is 5.80. The van der Waals surface area contributed by atoms with Crippen molar-refractivity contribution < 1.29 is 0 Å². The normalized spacial score (nSPS) is 40.7. The minimum atomic E-state index is 0.635. The smallest absolute Gasteiger partial charge is 0.0246 e. The molecule has 0 spiro atoms. The highest BCUT2D eigenvalue weighted by Crippen LogP contribution is 2.57. The minimum Gasteiger partial charge on any atom is -0.271 e. The quantitative estimate of drug-likeness (QED) is 0.567. The van der Waals surface area contributed by atoms with E-state index < -0.39 is 0 Å². The molecule has 0 aromatic rings. The van der Waals surface area contributed by atoms with Crippen molar-refractivity contribution in [2.24, 2.45) is 29.5 Å². The lowest BCUT2D eigenvalue weighted by Gasteiger charge is -2.20. The van der Waals surface area contributed by atoms with Gasteiger partial charge in [0, 0.05) is 6.04 Å². The molecule has 0 aliphatic heterocycles. The van der Waals surface area contributed by atoms with Crippen LogP contribution in [0.25, 0.3) is 0 Å². The molecule has 0 saturated heterocycles. The van der Waals surface area contributed by atoms with Gasteiger partial charge in [-0.3, -0.25) is 11.3 Å². The summed E-state index contributed by atoms with van der Waals surface area (Å²) in [5, 5.41) is 0. The van der Waals surface area contributed by atoms with Gasteiger partial charge in [0.05, 0.1) is 0 Å². The number of hydrogen-bond donors (Lipinski definition) is 2. The fourth-order valence-electron chi connectivity index (χ4n) is 4.59. The van der Waals surface area contributed by atoms with E-state index in [-0.39, 0.29) is 0 Å². The van der Waals surface area contributed by atoms with Crippen LogP contribution in [0.4, 0.5) is 0 Å². The largest absolute Gasteiger partial charge is 0.271 e. The van der Waals surface area contributed by atoms with Crippen LogP contribution >= 0.6 is 0 Å². The first kappa shape index (κ1) is 11.0. The molecule has 3 aliphatic carbocycles. The SMILES string of the molecule is NNC(CC1CCCC1)C1C2CCCCC21. The fourth-order valence-corrected chi connectivity index (χ4v) is 4.59. The molecule has 3 unspecified atom stereocenters. The maximum Gasteiger partial charge on any atom is 0.0246 e. The zero-order valence-corrected chi connectivity index (χ0v) is 10.3. The number of rotatable bonds is 4. The Balaban J connectivity index is 1.54. The van der Waals surface area contributed by atoms with Gasteiger partial charge in [-0.25, -0.2) is 0 Å². The van der Waals surface area contributed by atoms with Crippen molar-refractivity contribution >= 4 is 0 Å². The number of hydrazine groups is 1. The third kappa shape index (κ3) is 2.02. The number of hydrogen-bond acceptors (Lipinski definition) is 2. The molecule has 3 aliphatic rings. The van der Waals surface area contributed by atoms with Crippen molar-refractivity contribution in [2.45, 2.75) is 63.8 Å². The summed E-state index contributed by atoms with van der Waals surface area (Å²) in [6.45, 7) is 0. The summed E-state index contributed by atoms with van der Waals surface area (Å²) in [4.78, 5) is 0. The van der Waals surface area contributed by atoms with Gasteiger partial charge in [-0.15, -0.1) is 0 Å². The van der Waals surface area contributed by atoms with Crippen LogP contribution < -0.4 is 11.3 Å². The van der Waals surface area contributed by atoms with Crippen LogP contribution in [0.2, 0.25) is 0 Å². The van der Waals surface area contributed by atoms with Crippen molar-refractivity contribution in [3.63, 3.8) is 0 Å². The summed E-state index contributed by atoms with van der Waals surface area (Å²) in [6.07, 6.45) is 13.1. The van der Waals surface area contributed by atoms with E-state index in [9.17, 15) is 0 Å². The molecule has 2 nitrogen and oxygen atoms in total. The second kappa shape index (κ2) is 4.66. The van der Waals surface area contributed by atoms with Gasteiger partial charge in [-0.1, -0.05) is 38.5 Å². The molecule has 3 rings (SSSR count). The van der Waals surface area contributed by atoms with E-state index >= 15 is 0 Å². The van der Waals surface area contributed by atoms with Gasteiger partial charge in [0.15, 0.2) is 0 Å². The van der Waals surface area contributed by atoms with Crippen LogP contribution in [-0.2, 0) is 0 Å². The average molecular weight is 222 g/mol. The Morgan fingerprint density at radius 3 is 2.06 bits per heavy atom. The summed E-state index contributed by atoms with van der Waals surface area (Å²) in [7, 11) is 0. The molecule has 92 valence electrons. The number of nitrogens with two attached hydrogens (primary N) is 1. The van der Waals surface area contributed by atoms with Crippen LogP contribution in [-0.4, -0.2) is 6.04 Å². The first-order chi connectivity index (χ1) is 7.90. The first-order valence-corrected chi connectivity index (χ1v) is 7.36.